The van der Waals surface area contributed by atoms with E-state index in [-0.39, 0.29) is 5.91 Å². The standard InChI is InChI=1S/C20H30Cl2N4O.C6H5Cl/c1-23(2)15-20(27)26-7-5-16(6-8-26)14-24-9-11-25(12-10-24)19-4-3-17(21)13-18(19)22;7-6-4-2-1-3-5-6/h3-4,13,16H,5-12,14-15H2,1-2H3;1-5H. The van der Waals surface area contributed by atoms with Gasteiger partial charge in [0, 0.05) is 55.9 Å². The second-order valence-corrected chi connectivity index (χ2v) is 10.5. The Hall–Kier alpha value is -1.50. The molecule has 1 amide bonds. The number of rotatable bonds is 5. The van der Waals surface area contributed by atoms with Gasteiger partial charge in [-0.05, 0) is 63.2 Å². The summed E-state index contributed by atoms with van der Waals surface area (Å²) in [7, 11) is 3.89. The molecule has 34 heavy (non-hydrogen) atoms. The Morgan fingerprint density at radius 3 is 2.06 bits per heavy atom. The Kier molecular flexibility index (Phi) is 10.8. The van der Waals surface area contributed by atoms with Crippen molar-refractivity contribution >= 4 is 46.4 Å². The van der Waals surface area contributed by atoms with E-state index >= 15 is 0 Å². The quantitative estimate of drug-likeness (QED) is 0.533. The summed E-state index contributed by atoms with van der Waals surface area (Å²) in [5.41, 5.74) is 1.08. The highest BCUT2D eigenvalue weighted by molar-refractivity contribution is 6.36. The van der Waals surface area contributed by atoms with Crippen LogP contribution in [0.1, 0.15) is 12.8 Å². The van der Waals surface area contributed by atoms with Crippen molar-refractivity contribution in [3.63, 3.8) is 0 Å². The summed E-state index contributed by atoms with van der Waals surface area (Å²) < 4.78 is 0. The van der Waals surface area contributed by atoms with Gasteiger partial charge in [0.25, 0.3) is 0 Å². The maximum atomic E-state index is 12.2. The van der Waals surface area contributed by atoms with Gasteiger partial charge in [0.15, 0.2) is 0 Å². The van der Waals surface area contributed by atoms with E-state index in [9.17, 15) is 4.79 Å². The fraction of sp³-hybridized carbons (Fsp3) is 0.500. The molecule has 0 spiro atoms. The van der Waals surface area contributed by atoms with E-state index in [0.29, 0.717) is 17.5 Å². The third-order valence-corrected chi connectivity index (χ3v) is 7.08. The molecule has 5 nitrogen and oxygen atoms in total. The van der Waals surface area contributed by atoms with Crippen LogP contribution in [-0.2, 0) is 4.79 Å². The third kappa shape index (κ3) is 8.62. The van der Waals surface area contributed by atoms with Crippen molar-refractivity contribution in [2.45, 2.75) is 12.8 Å². The van der Waals surface area contributed by atoms with Gasteiger partial charge in [-0.1, -0.05) is 53.0 Å². The molecular weight excluding hydrogens is 491 g/mol. The van der Waals surface area contributed by atoms with Crippen molar-refractivity contribution < 1.29 is 4.79 Å². The molecule has 0 atom stereocenters. The molecule has 0 unspecified atom stereocenters. The van der Waals surface area contributed by atoms with Gasteiger partial charge in [-0.2, -0.15) is 0 Å². The van der Waals surface area contributed by atoms with E-state index in [4.69, 9.17) is 34.8 Å². The lowest BCUT2D eigenvalue weighted by molar-refractivity contribution is -0.133. The van der Waals surface area contributed by atoms with Crippen LogP contribution in [0.25, 0.3) is 0 Å². The minimum atomic E-state index is 0.256. The van der Waals surface area contributed by atoms with E-state index in [1.165, 1.54) is 0 Å². The number of piperidine rings is 1. The van der Waals surface area contributed by atoms with Gasteiger partial charge in [-0.3, -0.25) is 9.69 Å². The maximum absolute atomic E-state index is 12.2. The van der Waals surface area contributed by atoms with Gasteiger partial charge < -0.3 is 14.7 Å². The van der Waals surface area contributed by atoms with Crippen LogP contribution in [0.2, 0.25) is 15.1 Å². The number of hydrogen-bond acceptors (Lipinski definition) is 4. The van der Waals surface area contributed by atoms with Crippen molar-refractivity contribution in [3.8, 4) is 0 Å². The Bertz CT molecular complexity index is 896. The largest absolute Gasteiger partial charge is 0.368 e. The zero-order valence-corrected chi connectivity index (χ0v) is 22.4. The summed E-state index contributed by atoms with van der Waals surface area (Å²) in [5, 5.41) is 2.20. The van der Waals surface area contributed by atoms with Gasteiger partial charge in [-0.15, -0.1) is 0 Å². The SMILES string of the molecule is CN(C)CC(=O)N1CCC(CN2CCN(c3ccc(Cl)cc3Cl)CC2)CC1.Clc1ccccc1. The lowest BCUT2D eigenvalue weighted by Crippen LogP contribution is -2.49. The van der Waals surface area contributed by atoms with E-state index in [1.807, 2.05) is 72.4 Å². The molecule has 0 saturated carbocycles. The number of carbonyl (C=O) groups is 1. The van der Waals surface area contributed by atoms with Crippen LogP contribution < -0.4 is 4.90 Å². The fourth-order valence-corrected chi connectivity index (χ4v) is 5.10. The number of likely N-dealkylation sites (N-methyl/N-ethyl adjacent to an activating group) is 1. The fourth-order valence-electron chi connectivity index (χ4n) is 4.42. The molecule has 0 bridgehead atoms. The van der Waals surface area contributed by atoms with Crippen LogP contribution in [0.5, 0.6) is 0 Å². The predicted octanol–water partition coefficient (Wildman–Crippen LogP) is 5.26. The average molecular weight is 526 g/mol. The Balaban J connectivity index is 0.000000396. The van der Waals surface area contributed by atoms with E-state index in [1.54, 1.807) is 0 Å². The first kappa shape index (κ1) is 27.1. The molecule has 4 rings (SSSR count). The maximum Gasteiger partial charge on any atom is 0.236 e. The van der Waals surface area contributed by atoms with Crippen LogP contribution in [0, 0.1) is 5.92 Å². The molecular formula is C26H35Cl3N4O. The Morgan fingerprint density at radius 1 is 0.882 bits per heavy atom. The monoisotopic (exact) mass is 524 g/mol. The van der Waals surface area contributed by atoms with Crippen LogP contribution in [0.4, 0.5) is 5.69 Å². The number of halogens is 3. The number of hydrogen-bond donors (Lipinski definition) is 0. The lowest BCUT2D eigenvalue weighted by Gasteiger charge is -2.40. The first-order valence-electron chi connectivity index (χ1n) is 11.9. The summed E-state index contributed by atoms with van der Waals surface area (Å²) in [6.07, 6.45) is 2.23. The third-order valence-electron chi connectivity index (χ3n) is 6.29. The van der Waals surface area contributed by atoms with Crippen molar-refractivity contribution in [1.82, 2.24) is 14.7 Å². The van der Waals surface area contributed by atoms with Crippen molar-refractivity contribution in [2.24, 2.45) is 5.92 Å². The number of benzene rings is 2. The molecule has 0 N–H and O–H groups in total. The zero-order valence-electron chi connectivity index (χ0n) is 20.1. The summed E-state index contributed by atoms with van der Waals surface area (Å²) in [4.78, 5) is 21.0. The highest BCUT2D eigenvalue weighted by Crippen LogP contribution is 2.29. The molecule has 2 fully saturated rings. The van der Waals surface area contributed by atoms with Crippen LogP contribution in [-0.4, -0.2) is 87.1 Å². The van der Waals surface area contributed by atoms with Crippen LogP contribution in [0.3, 0.4) is 0 Å². The molecule has 2 aromatic rings. The normalized spacial score (nSPS) is 17.5. The number of likely N-dealkylation sites (tertiary alicyclic amines) is 1. The molecule has 0 aliphatic carbocycles. The van der Waals surface area contributed by atoms with E-state index < -0.39 is 0 Å². The summed E-state index contributed by atoms with van der Waals surface area (Å²) in [6, 6.07) is 15.2. The predicted molar refractivity (Wildman–Crippen MR) is 144 cm³/mol. The molecule has 2 aromatic carbocycles. The topological polar surface area (TPSA) is 30.0 Å². The number of piperazine rings is 1. The van der Waals surface area contributed by atoms with E-state index in [2.05, 4.69) is 9.80 Å². The first-order valence-corrected chi connectivity index (χ1v) is 13.0. The van der Waals surface area contributed by atoms with Crippen molar-refractivity contribution in [2.75, 3.05) is 71.4 Å². The van der Waals surface area contributed by atoms with Crippen LogP contribution >= 0.6 is 34.8 Å². The molecule has 2 heterocycles. The molecule has 2 aliphatic rings. The molecule has 0 aromatic heterocycles. The average Bonchev–Trinajstić information content (AvgIpc) is 2.81. The summed E-state index contributed by atoms with van der Waals surface area (Å²) in [5.74, 6) is 0.950. The first-order chi connectivity index (χ1) is 16.3. The minimum absolute atomic E-state index is 0.256. The Morgan fingerprint density at radius 2 is 1.53 bits per heavy atom. The lowest BCUT2D eigenvalue weighted by atomic mass is 9.95. The molecule has 8 heteroatoms. The van der Waals surface area contributed by atoms with Gasteiger partial charge in [0.2, 0.25) is 5.91 Å². The van der Waals surface area contributed by atoms with Gasteiger partial charge in [0.05, 0.1) is 17.3 Å². The minimum Gasteiger partial charge on any atom is -0.368 e. The molecule has 2 saturated heterocycles. The van der Waals surface area contributed by atoms with Gasteiger partial charge in [-0.25, -0.2) is 0 Å². The smallest absolute Gasteiger partial charge is 0.236 e. The number of nitrogens with zero attached hydrogens (tertiary/aromatic N) is 4. The number of carbonyl (C=O) groups excluding carboxylic acids is 1. The summed E-state index contributed by atoms with van der Waals surface area (Å²) in [6.45, 7) is 7.54. The van der Waals surface area contributed by atoms with E-state index in [0.717, 1.165) is 74.4 Å². The molecule has 2 aliphatic heterocycles. The second kappa shape index (κ2) is 13.6. The highest BCUT2D eigenvalue weighted by Gasteiger charge is 2.26. The second-order valence-electron chi connectivity index (χ2n) is 9.24. The zero-order chi connectivity index (χ0) is 24.5. The van der Waals surface area contributed by atoms with Crippen LogP contribution in [0.15, 0.2) is 48.5 Å². The number of amides is 1. The molecule has 0 radical (unpaired) electrons. The highest BCUT2D eigenvalue weighted by atomic mass is 35.5. The van der Waals surface area contributed by atoms with Crippen molar-refractivity contribution in [3.05, 3.63) is 63.6 Å². The van der Waals surface area contributed by atoms with Gasteiger partial charge in [0.1, 0.15) is 0 Å². The Labute approximate surface area is 219 Å². The summed E-state index contributed by atoms with van der Waals surface area (Å²) >= 11 is 17.9. The van der Waals surface area contributed by atoms with Gasteiger partial charge >= 0.3 is 0 Å². The van der Waals surface area contributed by atoms with Crippen molar-refractivity contribution in [1.29, 1.82) is 0 Å². The molecule has 186 valence electrons. The number of anilines is 1.